The van der Waals surface area contributed by atoms with E-state index in [9.17, 15) is 0 Å². The Bertz CT molecular complexity index is 476. The zero-order valence-electron chi connectivity index (χ0n) is 8.53. The van der Waals surface area contributed by atoms with E-state index >= 15 is 0 Å². The van der Waals surface area contributed by atoms with Crippen molar-refractivity contribution < 1.29 is 0 Å². The molecule has 0 heteroatoms. The van der Waals surface area contributed by atoms with Gasteiger partial charge in [-0.1, -0.05) is 36.4 Å². The third kappa shape index (κ3) is 1.49. The molecule has 0 unspecified atom stereocenters. The van der Waals surface area contributed by atoms with Gasteiger partial charge in [0.1, 0.15) is 0 Å². The second-order valence-electron chi connectivity index (χ2n) is 4.01. The zero-order chi connectivity index (χ0) is 10.1. The Balaban J connectivity index is 2.11. The largest absolute Gasteiger partial charge is 0.121 e. The van der Waals surface area contributed by atoms with Crippen LogP contribution in [-0.4, -0.2) is 0 Å². The van der Waals surface area contributed by atoms with E-state index in [4.69, 9.17) is 0 Å². The SMILES string of the molecule is C1=CC=C2Cc3ccccc3CC2=CC=1. The molecule has 2 aliphatic carbocycles. The van der Waals surface area contributed by atoms with E-state index in [-0.39, 0.29) is 0 Å². The Morgan fingerprint density at radius 1 is 0.800 bits per heavy atom. The molecule has 0 amide bonds. The van der Waals surface area contributed by atoms with E-state index in [0.717, 1.165) is 12.8 Å². The highest BCUT2D eigenvalue weighted by molar-refractivity contribution is 5.50. The molecule has 1 aromatic carbocycles. The topological polar surface area (TPSA) is 0 Å². The van der Waals surface area contributed by atoms with Crippen LogP contribution in [0.15, 0.2) is 65.4 Å². The number of benzene rings is 1. The van der Waals surface area contributed by atoms with E-state index in [0.29, 0.717) is 0 Å². The molecule has 2 aliphatic rings. The average molecular weight is 192 g/mol. The van der Waals surface area contributed by atoms with Crippen LogP contribution in [0.4, 0.5) is 0 Å². The van der Waals surface area contributed by atoms with Crippen LogP contribution >= 0.6 is 0 Å². The van der Waals surface area contributed by atoms with Crippen LogP contribution in [0.3, 0.4) is 0 Å². The zero-order valence-corrected chi connectivity index (χ0v) is 8.53. The van der Waals surface area contributed by atoms with Gasteiger partial charge in [0.25, 0.3) is 0 Å². The van der Waals surface area contributed by atoms with Crippen molar-refractivity contribution >= 4 is 0 Å². The molecule has 0 N–H and O–H groups in total. The van der Waals surface area contributed by atoms with Crippen LogP contribution in [0.25, 0.3) is 0 Å². The summed E-state index contributed by atoms with van der Waals surface area (Å²) in [5.41, 5.74) is 8.94. The minimum Gasteiger partial charge on any atom is -0.121 e. The van der Waals surface area contributed by atoms with Crippen molar-refractivity contribution in [3.8, 4) is 0 Å². The number of hydrogen-bond acceptors (Lipinski definition) is 0. The molecule has 0 saturated heterocycles. The molecule has 72 valence electrons. The van der Waals surface area contributed by atoms with Gasteiger partial charge in [0.15, 0.2) is 0 Å². The maximum Gasteiger partial charge on any atom is -0.00199 e. The Hall–Kier alpha value is -1.78. The summed E-state index contributed by atoms with van der Waals surface area (Å²) in [7, 11) is 0. The lowest BCUT2D eigenvalue weighted by atomic mass is 9.84. The minimum atomic E-state index is 1.06. The van der Waals surface area contributed by atoms with E-state index in [1.165, 1.54) is 22.3 Å². The summed E-state index contributed by atoms with van der Waals surface area (Å²) in [6.45, 7) is 0. The highest BCUT2D eigenvalue weighted by Crippen LogP contribution is 2.29. The Morgan fingerprint density at radius 2 is 1.33 bits per heavy atom. The van der Waals surface area contributed by atoms with E-state index < -0.39 is 0 Å². The second-order valence-corrected chi connectivity index (χ2v) is 4.01. The summed E-state index contributed by atoms with van der Waals surface area (Å²) < 4.78 is 0. The van der Waals surface area contributed by atoms with Gasteiger partial charge in [-0.25, -0.2) is 0 Å². The van der Waals surface area contributed by atoms with Crippen molar-refractivity contribution in [1.29, 1.82) is 0 Å². The number of fused-ring (bicyclic) bond motifs is 2. The molecule has 0 nitrogen and oxygen atoms in total. The lowest BCUT2D eigenvalue weighted by Crippen LogP contribution is -2.08. The summed E-state index contributed by atoms with van der Waals surface area (Å²) in [6, 6.07) is 8.71. The van der Waals surface area contributed by atoms with Crippen molar-refractivity contribution in [1.82, 2.24) is 0 Å². The smallest absolute Gasteiger partial charge is 0.00199 e. The van der Waals surface area contributed by atoms with Crippen LogP contribution < -0.4 is 0 Å². The molecule has 15 heavy (non-hydrogen) atoms. The van der Waals surface area contributed by atoms with Crippen molar-refractivity contribution in [2.75, 3.05) is 0 Å². The Morgan fingerprint density at radius 3 is 1.87 bits per heavy atom. The molecule has 0 fully saturated rings. The summed E-state index contributed by atoms with van der Waals surface area (Å²) in [5, 5.41) is 0. The van der Waals surface area contributed by atoms with Crippen molar-refractivity contribution in [2.45, 2.75) is 12.8 Å². The minimum absolute atomic E-state index is 1.06. The molecule has 0 bridgehead atoms. The van der Waals surface area contributed by atoms with Crippen LogP contribution in [0.5, 0.6) is 0 Å². The molecule has 0 aliphatic heterocycles. The maximum atomic E-state index is 3.13. The lowest BCUT2D eigenvalue weighted by Gasteiger charge is -2.21. The number of hydrogen-bond donors (Lipinski definition) is 0. The third-order valence-electron chi connectivity index (χ3n) is 3.05. The summed E-state index contributed by atoms with van der Waals surface area (Å²) in [6.07, 6.45) is 10.5. The van der Waals surface area contributed by atoms with Gasteiger partial charge in [0.2, 0.25) is 0 Å². The fourth-order valence-corrected chi connectivity index (χ4v) is 2.22. The van der Waals surface area contributed by atoms with Gasteiger partial charge < -0.3 is 0 Å². The first-order chi connectivity index (χ1) is 7.43. The quantitative estimate of drug-likeness (QED) is 0.553. The molecule has 0 atom stereocenters. The fourth-order valence-electron chi connectivity index (χ4n) is 2.22. The lowest BCUT2D eigenvalue weighted by molar-refractivity contribution is 0.985. The van der Waals surface area contributed by atoms with Crippen LogP contribution in [0, 0.1) is 0 Å². The van der Waals surface area contributed by atoms with Crippen molar-refractivity contribution in [3.05, 3.63) is 76.6 Å². The van der Waals surface area contributed by atoms with Gasteiger partial charge in [0, 0.05) is 0 Å². The summed E-state index contributed by atoms with van der Waals surface area (Å²) in [4.78, 5) is 0. The van der Waals surface area contributed by atoms with Gasteiger partial charge in [-0.05, 0) is 47.3 Å². The molecular weight excluding hydrogens is 180 g/mol. The van der Waals surface area contributed by atoms with E-state index in [2.05, 4.69) is 42.1 Å². The molecule has 0 radical (unpaired) electrons. The number of rotatable bonds is 0. The molecule has 0 aromatic heterocycles. The van der Waals surface area contributed by atoms with Gasteiger partial charge in [-0.3, -0.25) is 0 Å². The predicted octanol–water partition coefficient (Wildman–Crippen LogP) is 3.36. The van der Waals surface area contributed by atoms with Crippen LogP contribution in [0.2, 0.25) is 0 Å². The summed E-state index contributed by atoms with van der Waals surface area (Å²) in [5.74, 6) is 0. The first kappa shape index (κ1) is 8.52. The normalized spacial score (nSPS) is 17.3. The molecule has 0 saturated carbocycles. The molecule has 0 spiro atoms. The Labute approximate surface area is 89.9 Å². The van der Waals surface area contributed by atoms with Gasteiger partial charge >= 0.3 is 0 Å². The van der Waals surface area contributed by atoms with Crippen LogP contribution in [0.1, 0.15) is 11.1 Å². The monoisotopic (exact) mass is 192 g/mol. The molecule has 3 rings (SSSR count). The maximum absolute atomic E-state index is 3.13. The second kappa shape index (κ2) is 3.42. The standard InChI is InChI=1S/C15H12/c1-2-6-12-10-14-8-4-5-9-15(14)11-13(12)7-3-1/h2-9H,10-11H2. The number of allylic oxidation sites excluding steroid dienone is 5. The summed E-state index contributed by atoms with van der Waals surface area (Å²) >= 11 is 0. The van der Waals surface area contributed by atoms with Gasteiger partial charge in [0.05, 0.1) is 0 Å². The molecule has 1 aromatic rings. The predicted molar refractivity (Wildman–Crippen MR) is 62.7 cm³/mol. The van der Waals surface area contributed by atoms with Crippen molar-refractivity contribution in [3.63, 3.8) is 0 Å². The van der Waals surface area contributed by atoms with Gasteiger partial charge in [-0.15, -0.1) is 5.73 Å². The third-order valence-corrected chi connectivity index (χ3v) is 3.05. The average Bonchev–Trinajstić information content (AvgIpc) is 2.50. The molecule has 0 heterocycles. The highest BCUT2D eigenvalue weighted by Gasteiger charge is 2.16. The fraction of sp³-hybridized carbons (Fsp3) is 0.133. The van der Waals surface area contributed by atoms with Gasteiger partial charge in [-0.2, -0.15) is 0 Å². The van der Waals surface area contributed by atoms with E-state index in [1.807, 2.05) is 12.2 Å². The first-order valence-electron chi connectivity index (χ1n) is 5.31. The van der Waals surface area contributed by atoms with Crippen LogP contribution in [-0.2, 0) is 12.8 Å². The Kier molecular flexibility index (Phi) is 1.94. The van der Waals surface area contributed by atoms with E-state index in [1.54, 1.807) is 0 Å². The first-order valence-corrected chi connectivity index (χ1v) is 5.31. The highest BCUT2D eigenvalue weighted by atomic mass is 14.2. The molecular formula is C15H12. The van der Waals surface area contributed by atoms with Crippen molar-refractivity contribution in [2.24, 2.45) is 0 Å².